The number of carbonyl (C=O) groups excluding carboxylic acids is 1. The van der Waals surface area contributed by atoms with Crippen molar-refractivity contribution < 1.29 is 4.79 Å². The number of likely N-dealkylation sites (N-methyl/N-ethyl adjacent to an activating group) is 1. The van der Waals surface area contributed by atoms with Crippen molar-refractivity contribution in [1.82, 2.24) is 9.80 Å². The summed E-state index contributed by atoms with van der Waals surface area (Å²) in [7, 11) is 0. The highest BCUT2D eigenvalue weighted by atomic mass is 16.1. The van der Waals surface area contributed by atoms with Crippen molar-refractivity contribution in [2.45, 2.75) is 40.7 Å². The molecule has 0 radical (unpaired) electrons. The average Bonchev–Trinajstić information content (AvgIpc) is 2.17. The van der Waals surface area contributed by atoms with Gasteiger partial charge in [-0.2, -0.15) is 0 Å². The third kappa shape index (κ3) is 3.29. The summed E-state index contributed by atoms with van der Waals surface area (Å²) in [6, 6.07) is 0.613. The lowest BCUT2D eigenvalue weighted by atomic mass is 9.88. The molecule has 1 fully saturated rings. The summed E-state index contributed by atoms with van der Waals surface area (Å²) in [6.45, 7) is 15.6. The quantitative estimate of drug-likeness (QED) is 0.728. The van der Waals surface area contributed by atoms with E-state index in [0.29, 0.717) is 6.04 Å². The van der Waals surface area contributed by atoms with Gasteiger partial charge in [0.2, 0.25) is 0 Å². The molecule has 1 heterocycles. The van der Waals surface area contributed by atoms with E-state index in [4.69, 9.17) is 0 Å². The predicted molar refractivity (Wildman–Crippen MR) is 67.6 cm³/mol. The van der Waals surface area contributed by atoms with Gasteiger partial charge in [-0.15, -0.1) is 0 Å². The molecule has 1 aliphatic rings. The van der Waals surface area contributed by atoms with Crippen LogP contribution < -0.4 is 0 Å². The van der Waals surface area contributed by atoms with Gasteiger partial charge in [0, 0.05) is 37.6 Å². The second-order valence-corrected chi connectivity index (χ2v) is 5.65. The Kier molecular flexibility index (Phi) is 4.51. The summed E-state index contributed by atoms with van der Waals surface area (Å²) >= 11 is 0. The Morgan fingerprint density at radius 1 is 1.38 bits per heavy atom. The van der Waals surface area contributed by atoms with Crippen molar-refractivity contribution in [2.24, 2.45) is 5.41 Å². The monoisotopic (exact) mass is 226 g/mol. The molecule has 0 bridgehead atoms. The number of ketones is 1. The van der Waals surface area contributed by atoms with Crippen LogP contribution in [-0.2, 0) is 4.79 Å². The number of piperazine rings is 1. The Morgan fingerprint density at radius 2 is 2.00 bits per heavy atom. The molecule has 1 unspecified atom stereocenters. The van der Waals surface area contributed by atoms with E-state index in [1.54, 1.807) is 6.92 Å². The van der Waals surface area contributed by atoms with Crippen LogP contribution in [0, 0.1) is 5.41 Å². The molecule has 3 nitrogen and oxygen atoms in total. The lowest BCUT2D eigenvalue weighted by Gasteiger charge is -2.41. The second-order valence-electron chi connectivity index (χ2n) is 5.65. The number of nitrogens with zero attached hydrogens (tertiary/aromatic N) is 2. The minimum absolute atomic E-state index is 0.200. The Hall–Kier alpha value is -0.410. The van der Waals surface area contributed by atoms with Crippen LogP contribution in [0.1, 0.15) is 34.6 Å². The minimum Gasteiger partial charge on any atom is -0.300 e. The molecule has 0 aliphatic carbocycles. The SMILES string of the molecule is CCN1CCN(CC(C)(C)C(C)=O)CC1C. The summed E-state index contributed by atoms with van der Waals surface area (Å²) < 4.78 is 0. The molecule has 1 rings (SSSR count). The molecule has 94 valence electrons. The first-order valence-corrected chi connectivity index (χ1v) is 6.34. The van der Waals surface area contributed by atoms with Crippen LogP contribution in [0.25, 0.3) is 0 Å². The standard InChI is InChI=1S/C13H26N2O/c1-6-15-8-7-14(9-11(15)2)10-13(4,5)12(3)16/h11H,6-10H2,1-5H3. The van der Waals surface area contributed by atoms with E-state index >= 15 is 0 Å². The van der Waals surface area contributed by atoms with Crippen LogP contribution in [0.4, 0.5) is 0 Å². The summed E-state index contributed by atoms with van der Waals surface area (Å²) in [5.41, 5.74) is -0.200. The largest absolute Gasteiger partial charge is 0.300 e. The summed E-state index contributed by atoms with van der Waals surface area (Å²) in [5, 5.41) is 0. The van der Waals surface area contributed by atoms with Gasteiger partial charge in [-0.25, -0.2) is 0 Å². The van der Waals surface area contributed by atoms with Gasteiger partial charge in [0.25, 0.3) is 0 Å². The van der Waals surface area contributed by atoms with E-state index < -0.39 is 0 Å². The van der Waals surface area contributed by atoms with Crippen molar-refractivity contribution >= 4 is 5.78 Å². The third-order valence-corrected chi connectivity index (χ3v) is 3.83. The third-order valence-electron chi connectivity index (χ3n) is 3.83. The number of carbonyl (C=O) groups is 1. The Morgan fingerprint density at radius 3 is 2.44 bits per heavy atom. The van der Waals surface area contributed by atoms with Gasteiger partial charge < -0.3 is 0 Å². The molecule has 0 aromatic carbocycles. The molecule has 16 heavy (non-hydrogen) atoms. The van der Waals surface area contributed by atoms with Gasteiger partial charge in [-0.3, -0.25) is 14.6 Å². The summed E-state index contributed by atoms with van der Waals surface area (Å²) in [5.74, 6) is 0.290. The van der Waals surface area contributed by atoms with E-state index in [1.165, 1.54) is 0 Å². The fraction of sp³-hybridized carbons (Fsp3) is 0.923. The first kappa shape index (κ1) is 13.7. The first-order valence-electron chi connectivity index (χ1n) is 6.34. The van der Waals surface area contributed by atoms with Gasteiger partial charge in [0.15, 0.2) is 0 Å². The van der Waals surface area contributed by atoms with E-state index in [-0.39, 0.29) is 11.2 Å². The van der Waals surface area contributed by atoms with Crippen LogP contribution in [0.5, 0.6) is 0 Å². The molecular weight excluding hydrogens is 200 g/mol. The highest BCUT2D eigenvalue weighted by Gasteiger charge is 2.30. The first-order chi connectivity index (χ1) is 7.36. The lowest BCUT2D eigenvalue weighted by Crippen LogP contribution is -2.54. The van der Waals surface area contributed by atoms with Gasteiger partial charge in [0.05, 0.1) is 0 Å². The number of rotatable bonds is 4. The molecule has 0 saturated carbocycles. The smallest absolute Gasteiger partial charge is 0.136 e. The summed E-state index contributed by atoms with van der Waals surface area (Å²) in [6.07, 6.45) is 0. The van der Waals surface area contributed by atoms with Gasteiger partial charge >= 0.3 is 0 Å². The molecule has 1 atom stereocenters. The highest BCUT2D eigenvalue weighted by Crippen LogP contribution is 2.20. The molecule has 1 aliphatic heterocycles. The van der Waals surface area contributed by atoms with E-state index in [0.717, 1.165) is 32.7 Å². The Bertz CT molecular complexity index is 250. The maximum absolute atomic E-state index is 11.5. The molecule has 0 N–H and O–H groups in total. The second kappa shape index (κ2) is 5.28. The minimum atomic E-state index is -0.200. The molecule has 0 amide bonds. The zero-order chi connectivity index (χ0) is 12.3. The van der Waals surface area contributed by atoms with Crippen LogP contribution in [0.3, 0.4) is 0 Å². The Labute approximate surface area is 99.8 Å². The molecule has 3 heteroatoms. The van der Waals surface area contributed by atoms with E-state index in [2.05, 4.69) is 23.6 Å². The van der Waals surface area contributed by atoms with Crippen LogP contribution in [0.15, 0.2) is 0 Å². The van der Waals surface area contributed by atoms with E-state index in [9.17, 15) is 4.79 Å². The molecule has 0 aromatic heterocycles. The normalized spacial score (nSPS) is 24.7. The van der Waals surface area contributed by atoms with Crippen molar-refractivity contribution in [2.75, 3.05) is 32.7 Å². The number of hydrogen-bond donors (Lipinski definition) is 0. The lowest BCUT2D eigenvalue weighted by molar-refractivity contribution is -0.126. The van der Waals surface area contributed by atoms with Crippen LogP contribution >= 0.6 is 0 Å². The van der Waals surface area contributed by atoms with Crippen molar-refractivity contribution in [3.8, 4) is 0 Å². The molecular formula is C13H26N2O. The Balaban J connectivity index is 2.50. The average molecular weight is 226 g/mol. The number of Topliss-reactive ketones (excluding diaryl/α,β-unsaturated/α-hetero) is 1. The zero-order valence-electron chi connectivity index (χ0n) is 11.4. The maximum atomic E-state index is 11.5. The zero-order valence-corrected chi connectivity index (χ0v) is 11.4. The van der Waals surface area contributed by atoms with Crippen molar-refractivity contribution in [1.29, 1.82) is 0 Å². The van der Waals surface area contributed by atoms with Crippen molar-refractivity contribution in [3.63, 3.8) is 0 Å². The number of hydrogen-bond acceptors (Lipinski definition) is 3. The van der Waals surface area contributed by atoms with Gasteiger partial charge in [-0.1, -0.05) is 20.8 Å². The topological polar surface area (TPSA) is 23.6 Å². The van der Waals surface area contributed by atoms with Gasteiger partial charge in [-0.05, 0) is 20.4 Å². The summed E-state index contributed by atoms with van der Waals surface area (Å²) in [4.78, 5) is 16.4. The predicted octanol–water partition coefficient (Wildman–Crippen LogP) is 1.63. The maximum Gasteiger partial charge on any atom is 0.136 e. The highest BCUT2D eigenvalue weighted by molar-refractivity contribution is 5.81. The fourth-order valence-corrected chi connectivity index (χ4v) is 2.35. The van der Waals surface area contributed by atoms with Crippen LogP contribution in [-0.4, -0.2) is 54.3 Å². The fourth-order valence-electron chi connectivity index (χ4n) is 2.35. The molecule has 0 aromatic rings. The molecule has 0 spiro atoms. The molecule has 1 saturated heterocycles. The van der Waals surface area contributed by atoms with E-state index in [1.807, 2.05) is 13.8 Å². The van der Waals surface area contributed by atoms with Crippen LogP contribution in [0.2, 0.25) is 0 Å². The van der Waals surface area contributed by atoms with Gasteiger partial charge in [0.1, 0.15) is 5.78 Å². The van der Waals surface area contributed by atoms with Crippen molar-refractivity contribution in [3.05, 3.63) is 0 Å².